The molecule has 0 atom stereocenters. The fourth-order valence-corrected chi connectivity index (χ4v) is 3.19. The van der Waals surface area contributed by atoms with Crippen LogP contribution in [-0.2, 0) is 22.5 Å². The van der Waals surface area contributed by atoms with E-state index in [4.69, 9.17) is 4.74 Å². The van der Waals surface area contributed by atoms with Gasteiger partial charge >= 0.3 is 6.09 Å². The van der Waals surface area contributed by atoms with E-state index in [1.165, 1.54) is 0 Å². The number of anilines is 1. The summed E-state index contributed by atoms with van der Waals surface area (Å²) in [6.45, 7) is 8.93. The van der Waals surface area contributed by atoms with E-state index in [2.05, 4.69) is 12.2 Å². The Morgan fingerprint density at radius 3 is 2.69 bits per heavy atom. The van der Waals surface area contributed by atoms with Gasteiger partial charge in [0.2, 0.25) is 5.91 Å². The highest BCUT2D eigenvalue weighted by Crippen LogP contribution is 2.31. The van der Waals surface area contributed by atoms with Crippen molar-refractivity contribution in [2.45, 2.75) is 78.4 Å². The molecule has 2 rings (SSSR count). The molecule has 2 amide bonds. The largest absolute Gasteiger partial charge is 0.443 e. The number of benzene rings is 1. The number of nitrogens with zero attached hydrogens (tertiary/aromatic N) is 1. The minimum atomic E-state index is -0.515. The smallest absolute Gasteiger partial charge is 0.414 e. The van der Waals surface area contributed by atoms with E-state index in [-0.39, 0.29) is 12.0 Å². The number of amides is 2. The van der Waals surface area contributed by atoms with E-state index in [1.54, 1.807) is 4.90 Å². The topological polar surface area (TPSA) is 58.6 Å². The number of fused-ring (bicyclic) bond motifs is 1. The highest BCUT2D eigenvalue weighted by molar-refractivity contribution is 5.89. The molecular weight excluding hydrogens is 328 g/mol. The van der Waals surface area contributed by atoms with Crippen LogP contribution in [0.2, 0.25) is 0 Å². The van der Waals surface area contributed by atoms with Crippen LogP contribution in [0, 0.1) is 0 Å². The molecule has 5 nitrogen and oxygen atoms in total. The Balaban J connectivity index is 2.07. The van der Waals surface area contributed by atoms with Gasteiger partial charge in [-0.25, -0.2) is 4.79 Å². The van der Waals surface area contributed by atoms with Gasteiger partial charge < -0.3 is 10.1 Å². The van der Waals surface area contributed by atoms with E-state index in [0.717, 1.165) is 48.9 Å². The molecular formula is C21H32N2O3. The van der Waals surface area contributed by atoms with Crippen molar-refractivity contribution in [1.29, 1.82) is 0 Å². The fraction of sp³-hybridized carbons (Fsp3) is 0.619. The molecule has 0 aliphatic carbocycles. The predicted molar refractivity (Wildman–Crippen MR) is 104 cm³/mol. The minimum absolute atomic E-state index is 0.0934. The zero-order valence-corrected chi connectivity index (χ0v) is 16.6. The first-order valence-electron chi connectivity index (χ1n) is 9.70. The molecule has 0 saturated carbocycles. The highest BCUT2D eigenvalue weighted by atomic mass is 16.6. The lowest BCUT2D eigenvalue weighted by Gasteiger charge is -2.32. The SMILES string of the molecule is CCCCCC(=O)NCc1cccc2c1CCCN2C(=O)OC(C)(C)C. The minimum Gasteiger partial charge on any atom is -0.443 e. The summed E-state index contributed by atoms with van der Waals surface area (Å²) in [6.07, 6.45) is 5.21. The Hall–Kier alpha value is -2.04. The van der Waals surface area contributed by atoms with Gasteiger partial charge in [0.1, 0.15) is 5.60 Å². The maximum Gasteiger partial charge on any atom is 0.414 e. The van der Waals surface area contributed by atoms with Gasteiger partial charge in [-0.3, -0.25) is 9.69 Å². The zero-order chi connectivity index (χ0) is 19.2. The molecule has 1 aromatic rings. The van der Waals surface area contributed by atoms with Gasteiger partial charge in [-0.1, -0.05) is 31.9 Å². The van der Waals surface area contributed by atoms with Crippen LogP contribution in [0.25, 0.3) is 0 Å². The number of unbranched alkanes of at least 4 members (excludes halogenated alkanes) is 2. The summed E-state index contributed by atoms with van der Waals surface area (Å²) in [5.41, 5.74) is 2.61. The summed E-state index contributed by atoms with van der Waals surface area (Å²) < 4.78 is 5.54. The first-order chi connectivity index (χ1) is 12.3. The van der Waals surface area contributed by atoms with Crippen LogP contribution in [0.3, 0.4) is 0 Å². The number of hydrogen-bond donors (Lipinski definition) is 1. The van der Waals surface area contributed by atoms with Crippen molar-refractivity contribution in [3.05, 3.63) is 29.3 Å². The second-order valence-electron chi connectivity index (χ2n) is 7.88. The molecule has 0 aromatic heterocycles. The highest BCUT2D eigenvalue weighted by Gasteiger charge is 2.28. The van der Waals surface area contributed by atoms with Gasteiger partial charge in [-0.05, 0) is 57.2 Å². The van der Waals surface area contributed by atoms with Crippen molar-refractivity contribution >= 4 is 17.7 Å². The lowest BCUT2D eigenvalue weighted by molar-refractivity contribution is -0.121. The third kappa shape index (κ3) is 5.75. The molecule has 1 N–H and O–H groups in total. The second kappa shape index (κ2) is 9.06. The summed E-state index contributed by atoms with van der Waals surface area (Å²) in [5, 5.41) is 3.02. The average Bonchev–Trinajstić information content (AvgIpc) is 2.58. The van der Waals surface area contributed by atoms with Crippen LogP contribution < -0.4 is 10.2 Å². The number of rotatable bonds is 6. The number of nitrogens with one attached hydrogen (secondary N) is 1. The molecule has 1 aliphatic heterocycles. The molecule has 1 aliphatic rings. The fourth-order valence-electron chi connectivity index (χ4n) is 3.19. The monoisotopic (exact) mass is 360 g/mol. The van der Waals surface area contributed by atoms with Crippen molar-refractivity contribution in [2.75, 3.05) is 11.4 Å². The Morgan fingerprint density at radius 2 is 2.00 bits per heavy atom. The van der Waals surface area contributed by atoms with Gasteiger partial charge in [0, 0.05) is 19.5 Å². The van der Waals surface area contributed by atoms with Crippen molar-refractivity contribution < 1.29 is 14.3 Å². The van der Waals surface area contributed by atoms with Crippen LogP contribution in [0.5, 0.6) is 0 Å². The maximum atomic E-state index is 12.5. The Morgan fingerprint density at radius 1 is 1.23 bits per heavy atom. The molecule has 26 heavy (non-hydrogen) atoms. The van der Waals surface area contributed by atoms with Gasteiger partial charge in [0.25, 0.3) is 0 Å². The standard InChI is InChI=1S/C21H32N2O3/c1-5-6-7-13-19(24)22-15-16-10-8-12-18-17(16)11-9-14-23(18)20(25)26-21(2,3)4/h8,10,12H,5-7,9,11,13-15H2,1-4H3,(H,22,24). The summed E-state index contributed by atoms with van der Waals surface area (Å²) in [7, 11) is 0. The van der Waals surface area contributed by atoms with Crippen molar-refractivity contribution in [2.24, 2.45) is 0 Å². The van der Waals surface area contributed by atoms with Gasteiger partial charge in [-0.2, -0.15) is 0 Å². The molecule has 0 fully saturated rings. The maximum absolute atomic E-state index is 12.5. The molecule has 0 unspecified atom stereocenters. The molecule has 1 heterocycles. The van der Waals surface area contributed by atoms with Crippen molar-refractivity contribution in [3.8, 4) is 0 Å². The van der Waals surface area contributed by atoms with E-state index < -0.39 is 5.60 Å². The number of carbonyl (C=O) groups excluding carboxylic acids is 2. The van der Waals surface area contributed by atoms with E-state index in [1.807, 2.05) is 39.0 Å². The third-order valence-corrected chi connectivity index (χ3v) is 4.44. The molecule has 0 radical (unpaired) electrons. The zero-order valence-electron chi connectivity index (χ0n) is 16.6. The number of hydrogen-bond acceptors (Lipinski definition) is 3. The normalized spacial score (nSPS) is 13.9. The van der Waals surface area contributed by atoms with Crippen LogP contribution in [0.1, 0.15) is 70.9 Å². The van der Waals surface area contributed by atoms with Crippen LogP contribution >= 0.6 is 0 Å². The number of ether oxygens (including phenoxy) is 1. The van der Waals surface area contributed by atoms with E-state index >= 15 is 0 Å². The summed E-state index contributed by atoms with van der Waals surface area (Å²) in [4.78, 5) is 26.2. The van der Waals surface area contributed by atoms with Crippen LogP contribution in [0.15, 0.2) is 18.2 Å². The van der Waals surface area contributed by atoms with Gasteiger partial charge in [0.15, 0.2) is 0 Å². The molecule has 144 valence electrons. The Bertz CT molecular complexity index is 635. The van der Waals surface area contributed by atoms with Crippen LogP contribution in [0.4, 0.5) is 10.5 Å². The molecule has 0 saturated heterocycles. The van der Waals surface area contributed by atoms with Crippen molar-refractivity contribution in [1.82, 2.24) is 5.32 Å². The molecule has 0 spiro atoms. The first-order valence-corrected chi connectivity index (χ1v) is 9.70. The quantitative estimate of drug-likeness (QED) is 0.756. The predicted octanol–water partition coefficient (Wildman–Crippen LogP) is 4.57. The summed E-state index contributed by atoms with van der Waals surface area (Å²) >= 11 is 0. The lowest BCUT2D eigenvalue weighted by Crippen LogP contribution is -2.40. The van der Waals surface area contributed by atoms with Gasteiger partial charge in [0.05, 0.1) is 5.69 Å². The molecule has 0 bridgehead atoms. The molecule has 1 aromatic carbocycles. The van der Waals surface area contributed by atoms with E-state index in [9.17, 15) is 9.59 Å². The molecule has 5 heteroatoms. The average molecular weight is 360 g/mol. The third-order valence-electron chi connectivity index (χ3n) is 4.44. The van der Waals surface area contributed by atoms with E-state index in [0.29, 0.717) is 19.5 Å². The first kappa shape index (κ1) is 20.3. The lowest BCUT2D eigenvalue weighted by atomic mass is 9.96. The summed E-state index contributed by atoms with van der Waals surface area (Å²) in [5.74, 6) is 0.0934. The Labute approximate surface area is 157 Å². The van der Waals surface area contributed by atoms with Gasteiger partial charge in [-0.15, -0.1) is 0 Å². The number of carbonyl (C=O) groups is 2. The summed E-state index contributed by atoms with van der Waals surface area (Å²) in [6, 6.07) is 5.94. The second-order valence-corrected chi connectivity index (χ2v) is 7.88. The Kier molecular flexibility index (Phi) is 7.06. The van der Waals surface area contributed by atoms with Crippen molar-refractivity contribution in [3.63, 3.8) is 0 Å². The van der Waals surface area contributed by atoms with Crippen LogP contribution in [-0.4, -0.2) is 24.1 Å².